The summed E-state index contributed by atoms with van der Waals surface area (Å²) in [7, 11) is 1.70. The predicted octanol–water partition coefficient (Wildman–Crippen LogP) is 1.69. The summed E-state index contributed by atoms with van der Waals surface area (Å²) < 4.78 is 10.4. The molecule has 1 saturated heterocycles. The molecule has 0 atom stereocenters. The molecule has 0 bridgehead atoms. The van der Waals surface area contributed by atoms with Crippen LogP contribution in [-0.2, 0) is 9.47 Å². The van der Waals surface area contributed by atoms with Crippen LogP contribution in [0.2, 0.25) is 0 Å². The summed E-state index contributed by atoms with van der Waals surface area (Å²) in [6.45, 7) is 5.46. The van der Waals surface area contributed by atoms with Crippen LogP contribution in [0, 0.1) is 0 Å². The molecule has 0 spiro atoms. The lowest BCUT2D eigenvalue weighted by atomic mass is 10.0. The Labute approximate surface area is 127 Å². The van der Waals surface area contributed by atoms with Gasteiger partial charge in [0.1, 0.15) is 0 Å². The molecule has 21 heavy (non-hydrogen) atoms. The van der Waals surface area contributed by atoms with Crippen LogP contribution >= 0.6 is 0 Å². The van der Waals surface area contributed by atoms with E-state index in [4.69, 9.17) is 9.47 Å². The molecule has 2 heterocycles. The van der Waals surface area contributed by atoms with Crippen LogP contribution < -0.4 is 10.2 Å². The van der Waals surface area contributed by atoms with Crippen LogP contribution in [0.4, 0.5) is 5.69 Å². The molecule has 1 aliphatic rings. The van der Waals surface area contributed by atoms with Gasteiger partial charge in [-0.1, -0.05) is 0 Å². The predicted molar refractivity (Wildman–Crippen MR) is 84.8 cm³/mol. The van der Waals surface area contributed by atoms with Crippen LogP contribution in [0.1, 0.15) is 19.3 Å². The Hall–Kier alpha value is -1.17. The standard InChI is InChI=1S/C16H27N3O2/c1-20-13-14-21-12-2-7-18-15-5-10-19(11-6-15)16-3-8-17-9-4-16/h3-4,8-9,15,18H,2,5-7,10-14H2,1H3. The minimum atomic E-state index is 0.641. The highest BCUT2D eigenvalue weighted by molar-refractivity contribution is 5.44. The van der Waals surface area contributed by atoms with Crippen LogP contribution in [0.25, 0.3) is 0 Å². The first kappa shape index (κ1) is 16.2. The van der Waals surface area contributed by atoms with Crippen molar-refractivity contribution in [2.24, 2.45) is 0 Å². The second-order valence-electron chi connectivity index (χ2n) is 5.38. The quantitative estimate of drug-likeness (QED) is 0.702. The summed E-state index contributed by atoms with van der Waals surface area (Å²) in [6, 6.07) is 4.82. The molecular formula is C16H27N3O2. The smallest absolute Gasteiger partial charge is 0.0700 e. The zero-order valence-electron chi connectivity index (χ0n) is 13.0. The maximum atomic E-state index is 5.46. The van der Waals surface area contributed by atoms with E-state index in [1.54, 1.807) is 7.11 Å². The van der Waals surface area contributed by atoms with Gasteiger partial charge in [-0.2, -0.15) is 0 Å². The average molecular weight is 293 g/mol. The molecule has 1 N–H and O–H groups in total. The third-order valence-electron chi connectivity index (χ3n) is 3.85. The molecule has 1 aromatic heterocycles. The van der Waals surface area contributed by atoms with Crippen LogP contribution in [0.5, 0.6) is 0 Å². The third-order valence-corrected chi connectivity index (χ3v) is 3.85. The summed E-state index contributed by atoms with van der Waals surface area (Å²) in [4.78, 5) is 6.51. The Balaban J connectivity index is 1.53. The lowest BCUT2D eigenvalue weighted by Gasteiger charge is -2.34. The van der Waals surface area contributed by atoms with E-state index in [0.717, 1.165) is 32.7 Å². The molecule has 5 heteroatoms. The maximum Gasteiger partial charge on any atom is 0.0700 e. The fraction of sp³-hybridized carbons (Fsp3) is 0.688. The van der Waals surface area contributed by atoms with Crippen molar-refractivity contribution >= 4 is 5.69 Å². The molecule has 118 valence electrons. The Morgan fingerprint density at radius 2 is 1.95 bits per heavy atom. The number of hydrogen-bond acceptors (Lipinski definition) is 5. The Morgan fingerprint density at radius 3 is 2.67 bits per heavy atom. The van der Waals surface area contributed by atoms with E-state index < -0.39 is 0 Å². The number of piperidine rings is 1. The molecule has 1 aromatic rings. The first-order chi connectivity index (χ1) is 10.4. The van der Waals surface area contributed by atoms with Gasteiger partial charge in [0.2, 0.25) is 0 Å². The molecule has 0 unspecified atom stereocenters. The van der Waals surface area contributed by atoms with Gasteiger partial charge < -0.3 is 19.7 Å². The molecule has 5 nitrogen and oxygen atoms in total. The monoisotopic (exact) mass is 293 g/mol. The molecular weight excluding hydrogens is 266 g/mol. The van der Waals surface area contributed by atoms with Crippen molar-refractivity contribution in [2.45, 2.75) is 25.3 Å². The highest BCUT2D eigenvalue weighted by Crippen LogP contribution is 2.18. The van der Waals surface area contributed by atoms with Gasteiger partial charge in [0.05, 0.1) is 13.2 Å². The molecule has 0 aliphatic carbocycles. The highest BCUT2D eigenvalue weighted by Gasteiger charge is 2.18. The molecule has 2 rings (SSSR count). The normalized spacial score (nSPS) is 16.3. The SMILES string of the molecule is COCCOCCCNC1CCN(c2ccncc2)CC1. The Morgan fingerprint density at radius 1 is 1.19 bits per heavy atom. The van der Waals surface area contributed by atoms with Crippen LogP contribution in [-0.4, -0.2) is 57.6 Å². The number of ether oxygens (including phenoxy) is 2. The summed E-state index contributed by atoms with van der Waals surface area (Å²) in [5.41, 5.74) is 1.29. The van der Waals surface area contributed by atoms with Gasteiger partial charge >= 0.3 is 0 Å². The molecule has 1 fully saturated rings. The lowest BCUT2D eigenvalue weighted by Crippen LogP contribution is -2.43. The van der Waals surface area contributed by atoms with Gasteiger partial charge in [-0.15, -0.1) is 0 Å². The number of rotatable bonds is 9. The second-order valence-corrected chi connectivity index (χ2v) is 5.38. The van der Waals surface area contributed by atoms with Gasteiger partial charge in [-0.3, -0.25) is 4.98 Å². The van der Waals surface area contributed by atoms with Gasteiger partial charge in [0.25, 0.3) is 0 Å². The van der Waals surface area contributed by atoms with Gasteiger partial charge in [0, 0.05) is 50.9 Å². The van der Waals surface area contributed by atoms with Crippen molar-refractivity contribution in [3.8, 4) is 0 Å². The van der Waals surface area contributed by atoms with E-state index in [1.165, 1.54) is 18.5 Å². The van der Waals surface area contributed by atoms with E-state index in [9.17, 15) is 0 Å². The van der Waals surface area contributed by atoms with Crippen molar-refractivity contribution < 1.29 is 9.47 Å². The number of methoxy groups -OCH3 is 1. The van der Waals surface area contributed by atoms with Crippen LogP contribution in [0.3, 0.4) is 0 Å². The van der Waals surface area contributed by atoms with Crippen molar-refractivity contribution in [3.05, 3.63) is 24.5 Å². The number of aromatic nitrogens is 1. The fourth-order valence-electron chi connectivity index (χ4n) is 2.62. The number of anilines is 1. The molecule has 0 radical (unpaired) electrons. The van der Waals surface area contributed by atoms with Gasteiger partial charge in [-0.25, -0.2) is 0 Å². The topological polar surface area (TPSA) is 46.6 Å². The summed E-state index contributed by atoms with van der Waals surface area (Å²) in [5.74, 6) is 0. The summed E-state index contributed by atoms with van der Waals surface area (Å²) in [5, 5.41) is 3.63. The fourth-order valence-corrected chi connectivity index (χ4v) is 2.62. The van der Waals surface area contributed by atoms with E-state index in [-0.39, 0.29) is 0 Å². The van der Waals surface area contributed by atoms with E-state index >= 15 is 0 Å². The third kappa shape index (κ3) is 5.99. The minimum absolute atomic E-state index is 0.641. The molecule has 1 aliphatic heterocycles. The average Bonchev–Trinajstić information content (AvgIpc) is 2.55. The summed E-state index contributed by atoms with van der Waals surface area (Å²) in [6.07, 6.45) is 7.19. The zero-order valence-corrected chi connectivity index (χ0v) is 13.0. The number of nitrogens with zero attached hydrogens (tertiary/aromatic N) is 2. The minimum Gasteiger partial charge on any atom is -0.382 e. The van der Waals surface area contributed by atoms with Crippen molar-refractivity contribution in [2.75, 3.05) is 51.5 Å². The molecule has 0 amide bonds. The van der Waals surface area contributed by atoms with E-state index in [1.807, 2.05) is 12.4 Å². The number of nitrogens with one attached hydrogen (secondary N) is 1. The molecule has 0 aromatic carbocycles. The van der Waals surface area contributed by atoms with Crippen molar-refractivity contribution in [3.63, 3.8) is 0 Å². The summed E-state index contributed by atoms with van der Waals surface area (Å²) >= 11 is 0. The first-order valence-corrected chi connectivity index (χ1v) is 7.85. The first-order valence-electron chi connectivity index (χ1n) is 7.85. The zero-order chi connectivity index (χ0) is 14.8. The molecule has 0 saturated carbocycles. The van der Waals surface area contributed by atoms with E-state index in [2.05, 4.69) is 27.3 Å². The second kappa shape index (κ2) is 9.71. The Kier molecular flexibility index (Phi) is 7.49. The number of hydrogen-bond donors (Lipinski definition) is 1. The van der Waals surface area contributed by atoms with Gasteiger partial charge in [0.15, 0.2) is 0 Å². The highest BCUT2D eigenvalue weighted by atomic mass is 16.5. The van der Waals surface area contributed by atoms with E-state index in [0.29, 0.717) is 19.3 Å². The number of pyridine rings is 1. The van der Waals surface area contributed by atoms with Gasteiger partial charge in [-0.05, 0) is 37.9 Å². The van der Waals surface area contributed by atoms with Crippen molar-refractivity contribution in [1.29, 1.82) is 0 Å². The maximum absolute atomic E-state index is 5.46. The largest absolute Gasteiger partial charge is 0.382 e. The lowest BCUT2D eigenvalue weighted by molar-refractivity contribution is 0.0691. The van der Waals surface area contributed by atoms with Crippen molar-refractivity contribution in [1.82, 2.24) is 10.3 Å². The Bertz CT molecular complexity index is 367. The van der Waals surface area contributed by atoms with Crippen LogP contribution in [0.15, 0.2) is 24.5 Å².